The number of H-pyrrole nitrogens is 1. The highest BCUT2D eigenvalue weighted by Crippen LogP contribution is 2.43. The SMILES string of the molecule is CC(C)Cc1nc2ccc(Oc3c(Cl)cc(CC(F)C(=O)O)cc3C(F)(F)F)cc2[nH]1. The van der Waals surface area contributed by atoms with Gasteiger partial charge in [-0.2, -0.15) is 13.2 Å². The molecule has 0 aliphatic rings. The zero-order chi connectivity index (χ0) is 22.9. The van der Waals surface area contributed by atoms with Crippen molar-refractivity contribution in [1.82, 2.24) is 9.97 Å². The zero-order valence-corrected chi connectivity index (χ0v) is 17.3. The number of aromatic nitrogens is 2. The summed E-state index contributed by atoms with van der Waals surface area (Å²) in [6.45, 7) is 4.07. The molecule has 0 bridgehead atoms. The summed E-state index contributed by atoms with van der Waals surface area (Å²) < 4.78 is 59.8. The molecule has 0 radical (unpaired) electrons. The van der Waals surface area contributed by atoms with Crippen molar-refractivity contribution in [3.05, 3.63) is 52.3 Å². The summed E-state index contributed by atoms with van der Waals surface area (Å²) in [5.41, 5.74) is -0.195. The summed E-state index contributed by atoms with van der Waals surface area (Å²) in [5, 5.41) is 8.26. The number of alkyl halides is 4. The van der Waals surface area contributed by atoms with E-state index in [4.69, 9.17) is 21.4 Å². The lowest BCUT2D eigenvalue weighted by Crippen LogP contribution is -2.18. The number of nitrogens with one attached hydrogen (secondary N) is 1. The third kappa shape index (κ3) is 5.46. The number of fused-ring (bicyclic) bond motifs is 1. The number of carbonyl (C=O) groups is 1. The lowest BCUT2D eigenvalue weighted by molar-refractivity contribution is -0.142. The first-order valence-corrected chi connectivity index (χ1v) is 9.75. The Kier molecular flexibility index (Phi) is 6.45. The molecule has 31 heavy (non-hydrogen) atoms. The van der Waals surface area contributed by atoms with E-state index >= 15 is 0 Å². The van der Waals surface area contributed by atoms with Gasteiger partial charge in [-0.25, -0.2) is 14.2 Å². The largest absolute Gasteiger partial charge is 0.479 e. The Balaban J connectivity index is 1.97. The van der Waals surface area contributed by atoms with Crippen LogP contribution >= 0.6 is 11.6 Å². The summed E-state index contributed by atoms with van der Waals surface area (Å²) in [4.78, 5) is 18.2. The van der Waals surface area contributed by atoms with Crippen molar-refractivity contribution in [3.63, 3.8) is 0 Å². The third-order valence-corrected chi connectivity index (χ3v) is 4.70. The van der Waals surface area contributed by atoms with Crippen LogP contribution in [0.1, 0.15) is 30.8 Å². The molecule has 2 N–H and O–H groups in total. The number of carboxylic acid groups (broad SMARTS) is 1. The normalized spacial score (nSPS) is 13.0. The van der Waals surface area contributed by atoms with Crippen molar-refractivity contribution in [2.45, 2.75) is 39.0 Å². The van der Waals surface area contributed by atoms with Crippen LogP contribution in [0.15, 0.2) is 30.3 Å². The predicted molar refractivity (Wildman–Crippen MR) is 107 cm³/mol. The molecule has 0 spiro atoms. The third-order valence-electron chi connectivity index (χ3n) is 4.42. The highest BCUT2D eigenvalue weighted by atomic mass is 35.5. The van der Waals surface area contributed by atoms with E-state index in [-0.39, 0.29) is 11.3 Å². The second-order valence-corrected chi connectivity index (χ2v) is 7.93. The van der Waals surface area contributed by atoms with E-state index in [9.17, 15) is 22.4 Å². The molecule has 5 nitrogen and oxygen atoms in total. The number of ether oxygens (including phenoxy) is 1. The van der Waals surface area contributed by atoms with Crippen LogP contribution in [-0.2, 0) is 23.8 Å². The van der Waals surface area contributed by atoms with Crippen molar-refractivity contribution >= 4 is 28.6 Å². The summed E-state index contributed by atoms with van der Waals surface area (Å²) >= 11 is 6.02. The highest BCUT2D eigenvalue weighted by molar-refractivity contribution is 6.32. The number of rotatable bonds is 7. The molecule has 0 aliphatic carbocycles. The van der Waals surface area contributed by atoms with E-state index in [1.807, 2.05) is 13.8 Å². The summed E-state index contributed by atoms with van der Waals surface area (Å²) in [6.07, 6.45) is -7.25. The van der Waals surface area contributed by atoms with Crippen molar-refractivity contribution in [2.24, 2.45) is 5.92 Å². The predicted octanol–water partition coefficient (Wildman–Crippen LogP) is 6.19. The Morgan fingerprint density at radius 3 is 2.55 bits per heavy atom. The van der Waals surface area contributed by atoms with Gasteiger partial charge in [-0.3, -0.25) is 0 Å². The summed E-state index contributed by atoms with van der Waals surface area (Å²) in [6, 6.07) is 6.30. The molecule has 0 amide bonds. The minimum atomic E-state index is -4.85. The molecule has 1 aromatic heterocycles. The monoisotopic (exact) mass is 458 g/mol. The van der Waals surface area contributed by atoms with Crippen molar-refractivity contribution < 1.29 is 32.2 Å². The van der Waals surface area contributed by atoms with Gasteiger partial charge in [-0.15, -0.1) is 0 Å². The fourth-order valence-corrected chi connectivity index (χ4v) is 3.36. The average molecular weight is 459 g/mol. The lowest BCUT2D eigenvalue weighted by atomic mass is 10.0. The maximum atomic E-state index is 13.6. The van der Waals surface area contributed by atoms with Gasteiger partial charge in [0.1, 0.15) is 11.6 Å². The van der Waals surface area contributed by atoms with E-state index in [2.05, 4.69) is 9.97 Å². The number of nitrogens with zero attached hydrogens (tertiary/aromatic N) is 1. The second kappa shape index (κ2) is 8.74. The Bertz CT molecular complexity index is 1110. The highest BCUT2D eigenvalue weighted by Gasteiger charge is 2.36. The minimum absolute atomic E-state index is 0.0984. The maximum absolute atomic E-state index is 13.6. The Morgan fingerprint density at radius 2 is 1.94 bits per heavy atom. The molecule has 3 aromatic rings. The van der Waals surface area contributed by atoms with E-state index in [1.165, 1.54) is 12.1 Å². The Labute approximate surface area is 180 Å². The number of hydrogen-bond donors (Lipinski definition) is 2. The molecule has 1 heterocycles. The number of halogens is 5. The Hall–Kier alpha value is -2.81. The van der Waals surface area contributed by atoms with Gasteiger partial charge in [0.25, 0.3) is 0 Å². The van der Waals surface area contributed by atoms with Gasteiger partial charge in [-0.1, -0.05) is 25.4 Å². The van der Waals surface area contributed by atoms with Crippen LogP contribution in [0.2, 0.25) is 5.02 Å². The van der Waals surface area contributed by atoms with E-state index in [0.717, 1.165) is 11.9 Å². The molecular formula is C21H19ClF4N2O3. The van der Waals surface area contributed by atoms with E-state index in [1.54, 1.807) is 6.07 Å². The first-order valence-electron chi connectivity index (χ1n) is 9.37. The van der Waals surface area contributed by atoms with Crippen molar-refractivity contribution in [1.29, 1.82) is 0 Å². The lowest BCUT2D eigenvalue weighted by Gasteiger charge is -2.17. The van der Waals surface area contributed by atoms with Gasteiger partial charge in [0.05, 0.1) is 21.6 Å². The quantitative estimate of drug-likeness (QED) is 0.414. The standard InChI is InChI=1S/C21H19ClF4N2O3/c1-10(2)5-18-27-16-4-3-12(9-17(16)28-18)31-19-13(21(24,25)26)6-11(7-14(19)22)8-15(23)20(29)30/h3-4,6-7,9-10,15H,5,8H2,1-2H3,(H,27,28)(H,29,30). The maximum Gasteiger partial charge on any atom is 0.420 e. The van der Waals surface area contributed by atoms with Gasteiger partial charge >= 0.3 is 12.1 Å². The smallest absolute Gasteiger partial charge is 0.420 e. The topological polar surface area (TPSA) is 75.2 Å². The molecule has 0 saturated carbocycles. The minimum Gasteiger partial charge on any atom is -0.479 e. The fraction of sp³-hybridized carbons (Fsp3) is 0.333. The van der Waals surface area contributed by atoms with Crippen LogP contribution in [0, 0.1) is 5.92 Å². The van der Waals surface area contributed by atoms with Crippen LogP contribution in [0.5, 0.6) is 11.5 Å². The Morgan fingerprint density at radius 1 is 1.23 bits per heavy atom. The van der Waals surface area contributed by atoms with Crippen LogP contribution in [-0.4, -0.2) is 27.2 Å². The van der Waals surface area contributed by atoms with Crippen molar-refractivity contribution in [2.75, 3.05) is 0 Å². The van der Waals surface area contributed by atoms with Gasteiger partial charge in [0.2, 0.25) is 6.17 Å². The van der Waals surface area contributed by atoms with Crippen LogP contribution in [0.3, 0.4) is 0 Å². The molecule has 10 heteroatoms. The average Bonchev–Trinajstić information content (AvgIpc) is 3.03. The number of imidazole rings is 1. The van der Waals surface area contributed by atoms with Gasteiger partial charge in [0.15, 0.2) is 5.75 Å². The molecule has 0 aliphatic heterocycles. The van der Waals surface area contributed by atoms with E-state index < -0.39 is 41.1 Å². The second-order valence-electron chi connectivity index (χ2n) is 7.52. The first-order chi connectivity index (χ1) is 14.4. The molecule has 2 aromatic carbocycles. The number of hydrogen-bond acceptors (Lipinski definition) is 3. The number of aliphatic carboxylic acids is 1. The molecule has 0 saturated heterocycles. The summed E-state index contributed by atoms with van der Waals surface area (Å²) in [7, 11) is 0. The summed E-state index contributed by atoms with van der Waals surface area (Å²) in [5.74, 6) is -1.20. The molecule has 3 rings (SSSR count). The first kappa shape index (κ1) is 22.9. The van der Waals surface area contributed by atoms with Gasteiger partial charge in [0, 0.05) is 18.9 Å². The fourth-order valence-electron chi connectivity index (χ4n) is 3.08. The van der Waals surface area contributed by atoms with Crippen LogP contribution in [0.4, 0.5) is 17.6 Å². The van der Waals surface area contributed by atoms with Crippen LogP contribution < -0.4 is 4.74 Å². The van der Waals surface area contributed by atoms with Gasteiger partial charge in [-0.05, 0) is 35.7 Å². The van der Waals surface area contributed by atoms with Crippen LogP contribution in [0.25, 0.3) is 11.0 Å². The molecule has 1 unspecified atom stereocenters. The number of benzene rings is 2. The number of carboxylic acids is 1. The molecular weight excluding hydrogens is 440 g/mol. The molecule has 1 atom stereocenters. The van der Waals surface area contributed by atoms with Crippen molar-refractivity contribution in [3.8, 4) is 11.5 Å². The van der Waals surface area contributed by atoms with E-state index in [0.29, 0.717) is 29.4 Å². The van der Waals surface area contributed by atoms with Gasteiger partial charge < -0.3 is 14.8 Å². The molecule has 166 valence electrons. The number of aromatic amines is 1. The zero-order valence-electron chi connectivity index (χ0n) is 16.6. The molecule has 0 fully saturated rings.